The van der Waals surface area contributed by atoms with E-state index >= 15 is 0 Å². The van der Waals surface area contributed by atoms with Crippen LogP contribution in [0.4, 0.5) is 33.2 Å². The van der Waals surface area contributed by atoms with E-state index in [9.17, 15) is 19.7 Å². The van der Waals surface area contributed by atoms with Crippen LogP contribution < -0.4 is 21.3 Å². The second kappa shape index (κ2) is 9.88. The largest absolute Gasteiger partial charge is 0.374 e. The Kier molecular flexibility index (Phi) is 6.79. The molecule has 3 amide bonds. The quantitative estimate of drug-likeness (QED) is 0.327. The highest BCUT2D eigenvalue weighted by atomic mass is 16.6. The molecule has 9 nitrogen and oxygen atoms in total. The number of nitrogens with zero attached hydrogens (tertiary/aromatic N) is 1. The Labute approximate surface area is 178 Å². The van der Waals surface area contributed by atoms with Gasteiger partial charge in [0.25, 0.3) is 5.69 Å². The number of urea groups is 1. The normalized spacial score (nSPS) is 11.1. The first kappa shape index (κ1) is 21.3. The number of nitrogens with one attached hydrogen (secondary N) is 4. The molecular weight excluding hydrogens is 398 g/mol. The van der Waals surface area contributed by atoms with E-state index in [0.717, 1.165) is 0 Å². The van der Waals surface area contributed by atoms with E-state index in [1.165, 1.54) is 18.2 Å². The minimum atomic E-state index is -0.687. The van der Waals surface area contributed by atoms with Crippen LogP contribution in [0.25, 0.3) is 0 Å². The lowest BCUT2D eigenvalue weighted by molar-refractivity contribution is -0.383. The maximum Gasteiger partial charge on any atom is 0.323 e. The first-order valence-electron chi connectivity index (χ1n) is 9.46. The molecule has 0 aliphatic carbocycles. The Morgan fingerprint density at radius 1 is 0.806 bits per heavy atom. The van der Waals surface area contributed by atoms with Crippen molar-refractivity contribution in [3.05, 3.63) is 89.0 Å². The minimum absolute atomic E-state index is 0.124. The number of amides is 3. The van der Waals surface area contributed by atoms with Crippen LogP contribution in [0, 0.1) is 10.1 Å². The number of para-hydroxylation sites is 3. The zero-order chi connectivity index (χ0) is 22.2. The summed E-state index contributed by atoms with van der Waals surface area (Å²) < 4.78 is 0. The van der Waals surface area contributed by atoms with Crippen LogP contribution in [0.2, 0.25) is 0 Å². The fourth-order valence-electron chi connectivity index (χ4n) is 2.80. The molecular formula is C22H21N5O4. The molecule has 4 N–H and O–H groups in total. The van der Waals surface area contributed by atoms with E-state index in [1.807, 2.05) is 18.2 Å². The van der Waals surface area contributed by atoms with Gasteiger partial charge in [-0.05, 0) is 43.3 Å². The lowest BCUT2D eigenvalue weighted by atomic mass is 10.2. The number of carbonyl (C=O) groups excluding carboxylic acids is 2. The first-order valence-corrected chi connectivity index (χ1v) is 9.46. The Morgan fingerprint density at radius 3 is 2.16 bits per heavy atom. The summed E-state index contributed by atoms with van der Waals surface area (Å²) in [4.78, 5) is 35.2. The molecule has 1 atom stereocenters. The molecule has 3 aromatic rings. The topological polar surface area (TPSA) is 125 Å². The zero-order valence-electron chi connectivity index (χ0n) is 16.7. The second-order valence-electron chi connectivity index (χ2n) is 6.66. The maximum atomic E-state index is 12.5. The fraction of sp³-hybridized carbons (Fsp3) is 0.0909. The van der Waals surface area contributed by atoms with Crippen molar-refractivity contribution in [2.45, 2.75) is 13.0 Å². The molecule has 0 bridgehead atoms. The highest BCUT2D eigenvalue weighted by Gasteiger charge is 2.18. The van der Waals surface area contributed by atoms with Gasteiger partial charge in [-0.15, -0.1) is 0 Å². The molecule has 158 valence electrons. The number of carbonyl (C=O) groups is 2. The van der Waals surface area contributed by atoms with E-state index < -0.39 is 22.9 Å². The van der Waals surface area contributed by atoms with Crippen molar-refractivity contribution in [2.24, 2.45) is 0 Å². The van der Waals surface area contributed by atoms with Crippen molar-refractivity contribution in [1.82, 2.24) is 0 Å². The molecule has 3 rings (SSSR count). The molecule has 3 aromatic carbocycles. The molecule has 1 unspecified atom stereocenters. The standard InChI is InChI=1S/C22H21N5O4/c1-15(21(28)26-19-12-5-6-13-20(19)27(30)31)23-17-10-7-11-18(14-17)25-22(29)24-16-8-3-2-4-9-16/h2-15,23H,1H3,(H,26,28)(H2,24,25,29). The Bertz CT molecular complexity index is 1090. The smallest absolute Gasteiger partial charge is 0.323 e. The van der Waals surface area contributed by atoms with Gasteiger partial charge in [0.1, 0.15) is 11.7 Å². The number of nitro groups is 1. The van der Waals surface area contributed by atoms with Gasteiger partial charge in [-0.25, -0.2) is 4.79 Å². The van der Waals surface area contributed by atoms with Crippen LogP contribution in [-0.4, -0.2) is 22.9 Å². The molecule has 0 saturated heterocycles. The third-order valence-corrected chi connectivity index (χ3v) is 4.29. The number of hydrogen-bond donors (Lipinski definition) is 4. The van der Waals surface area contributed by atoms with Crippen molar-refractivity contribution >= 4 is 40.4 Å². The molecule has 0 fully saturated rings. The lowest BCUT2D eigenvalue weighted by Crippen LogP contribution is -2.32. The number of hydrogen-bond acceptors (Lipinski definition) is 5. The third kappa shape index (κ3) is 6.04. The van der Waals surface area contributed by atoms with Gasteiger partial charge < -0.3 is 21.3 Å². The molecule has 0 aromatic heterocycles. The van der Waals surface area contributed by atoms with Gasteiger partial charge in [0.05, 0.1) is 4.92 Å². The van der Waals surface area contributed by atoms with Crippen molar-refractivity contribution in [3.63, 3.8) is 0 Å². The minimum Gasteiger partial charge on any atom is -0.374 e. The van der Waals surface area contributed by atoms with Gasteiger partial charge in [0, 0.05) is 23.1 Å². The monoisotopic (exact) mass is 419 g/mol. The second-order valence-corrected chi connectivity index (χ2v) is 6.66. The molecule has 0 aliphatic heterocycles. The Balaban J connectivity index is 1.60. The average molecular weight is 419 g/mol. The predicted molar refractivity (Wildman–Crippen MR) is 120 cm³/mol. The molecule has 9 heteroatoms. The van der Waals surface area contributed by atoms with Gasteiger partial charge in [0.2, 0.25) is 5.91 Å². The predicted octanol–water partition coefficient (Wildman–Crippen LogP) is 4.68. The summed E-state index contributed by atoms with van der Waals surface area (Å²) in [5.74, 6) is -0.436. The molecule has 0 aliphatic rings. The van der Waals surface area contributed by atoms with Crippen molar-refractivity contribution in [3.8, 4) is 0 Å². The Hall–Kier alpha value is -4.40. The lowest BCUT2D eigenvalue weighted by Gasteiger charge is -2.16. The van der Waals surface area contributed by atoms with Crippen LogP contribution in [0.15, 0.2) is 78.9 Å². The highest BCUT2D eigenvalue weighted by molar-refractivity contribution is 6.00. The number of rotatable bonds is 7. The van der Waals surface area contributed by atoms with Crippen LogP contribution >= 0.6 is 0 Å². The molecule has 0 radical (unpaired) electrons. The van der Waals surface area contributed by atoms with E-state index in [1.54, 1.807) is 49.4 Å². The summed E-state index contributed by atoms with van der Waals surface area (Å²) in [6.07, 6.45) is 0. The average Bonchev–Trinajstić information content (AvgIpc) is 2.74. The molecule has 0 heterocycles. The van der Waals surface area contributed by atoms with Crippen LogP contribution in [0.3, 0.4) is 0 Å². The van der Waals surface area contributed by atoms with Gasteiger partial charge in [-0.3, -0.25) is 14.9 Å². The molecule has 0 saturated carbocycles. The summed E-state index contributed by atoms with van der Waals surface area (Å²) in [5, 5.41) is 22.1. The first-order chi connectivity index (χ1) is 14.9. The van der Waals surface area contributed by atoms with Crippen molar-refractivity contribution < 1.29 is 14.5 Å². The van der Waals surface area contributed by atoms with Crippen molar-refractivity contribution in [1.29, 1.82) is 0 Å². The maximum absolute atomic E-state index is 12.5. The summed E-state index contributed by atoms with van der Waals surface area (Å²) in [6.45, 7) is 1.63. The Morgan fingerprint density at radius 2 is 1.42 bits per heavy atom. The highest BCUT2D eigenvalue weighted by Crippen LogP contribution is 2.23. The molecule has 0 spiro atoms. The third-order valence-electron chi connectivity index (χ3n) is 4.29. The van der Waals surface area contributed by atoms with Gasteiger partial charge in [-0.2, -0.15) is 0 Å². The number of nitro benzene ring substituents is 1. The van der Waals surface area contributed by atoms with E-state index in [4.69, 9.17) is 0 Å². The van der Waals surface area contributed by atoms with Crippen LogP contribution in [-0.2, 0) is 4.79 Å². The number of benzene rings is 3. The zero-order valence-corrected chi connectivity index (χ0v) is 16.7. The fourth-order valence-corrected chi connectivity index (χ4v) is 2.80. The summed E-state index contributed by atoms with van der Waals surface area (Å²) in [5.41, 5.74) is 1.74. The van der Waals surface area contributed by atoms with Crippen molar-refractivity contribution in [2.75, 3.05) is 21.3 Å². The van der Waals surface area contributed by atoms with E-state index in [2.05, 4.69) is 21.3 Å². The molecule has 31 heavy (non-hydrogen) atoms. The summed E-state index contributed by atoms with van der Waals surface area (Å²) in [6, 6.07) is 20.7. The number of anilines is 4. The van der Waals surface area contributed by atoms with E-state index in [0.29, 0.717) is 17.1 Å². The van der Waals surface area contributed by atoms with Crippen LogP contribution in [0.1, 0.15) is 6.92 Å². The van der Waals surface area contributed by atoms with Gasteiger partial charge in [0.15, 0.2) is 0 Å². The van der Waals surface area contributed by atoms with Gasteiger partial charge >= 0.3 is 6.03 Å². The summed E-state index contributed by atoms with van der Waals surface area (Å²) in [7, 11) is 0. The van der Waals surface area contributed by atoms with Gasteiger partial charge in [-0.1, -0.05) is 36.4 Å². The van der Waals surface area contributed by atoms with Crippen LogP contribution in [0.5, 0.6) is 0 Å². The van der Waals surface area contributed by atoms with E-state index in [-0.39, 0.29) is 11.4 Å². The SMILES string of the molecule is CC(Nc1cccc(NC(=O)Nc2ccccc2)c1)C(=O)Nc1ccccc1[N+](=O)[O-]. The summed E-state index contributed by atoms with van der Waals surface area (Å²) >= 11 is 0.